The Morgan fingerprint density at radius 3 is 2.75 bits per heavy atom. The Morgan fingerprint density at radius 2 is 2.25 bits per heavy atom. The lowest BCUT2D eigenvalue weighted by atomic mass is 10.4. The summed E-state index contributed by atoms with van der Waals surface area (Å²) in [4.78, 5) is 21.9. The number of carbonyl (C=O) groups excluding carboxylic acids is 2. The Kier molecular flexibility index (Phi) is 2.28. The number of hydrogen-bond donors (Lipinski definition) is 1. The van der Waals surface area contributed by atoms with Gasteiger partial charge in [-0.25, -0.2) is 0 Å². The second-order valence-electron chi connectivity index (χ2n) is 2.37. The normalized spacial score (nSPS) is 9.75. The molecule has 12 heavy (non-hydrogen) atoms. The summed E-state index contributed by atoms with van der Waals surface area (Å²) in [7, 11) is 0. The number of hydrogen-bond acceptors (Lipinski definition) is 2. The maximum absolute atomic E-state index is 11.2. The summed E-state index contributed by atoms with van der Waals surface area (Å²) >= 11 is 0. The topological polar surface area (TPSA) is 65.1 Å². The van der Waals surface area contributed by atoms with Crippen molar-refractivity contribution in [1.29, 1.82) is 0 Å². The Labute approximate surface area is 70.0 Å². The number of amides is 1. The van der Waals surface area contributed by atoms with Gasteiger partial charge in [-0.3, -0.25) is 14.2 Å². The van der Waals surface area contributed by atoms with E-state index in [2.05, 4.69) is 0 Å². The molecular weight excluding hydrogens is 156 g/mol. The van der Waals surface area contributed by atoms with Gasteiger partial charge < -0.3 is 5.73 Å². The SMILES string of the molecule is CCC(=O)n1cccc1C(N)=O. The molecular formula is C8H10N2O2. The minimum atomic E-state index is -0.582. The zero-order chi connectivity index (χ0) is 9.14. The Morgan fingerprint density at radius 1 is 1.58 bits per heavy atom. The first-order chi connectivity index (χ1) is 5.66. The fraction of sp³-hybridized carbons (Fsp3) is 0.250. The molecule has 0 aliphatic rings. The summed E-state index contributed by atoms with van der Waals surface area (Å²) in [5.41, 5.74) is 5.28. The molecule has 4 heteroatoms. The molecule has 0 bridgehead atoms. The third-order valence-electron chi connectivity index (χ3n) is 1.57. The molecule has 1 amide bonds. The maximum Gasteiger partial charge on any atom is 0.265 e. The van der Waals surface area contributed by atoms with Crippen LogP contribution in [0.15, 0.2) is 18.3 Å². The average molecular weight is 166 g/mol. The lowest BCUT2D eigenvalue weighted by molar-refractivity contribution is 0.0883. The quantitative estimate of drug-likeness (QED) is 0.700. The van der Waals surface area contributed by atoms with Crippen LogP contribution in [-0.4, -0.2) is 16.4 Å². The molecule has 1 heterocycles. The number of primary amides is 1. The lowest BCUT2D eigenvalue weighted by Gasteiger charge is -2.01. The first-order valence-electron chi connectivity index (χ1n) is 3.67. The van der Waals surface area contributed by atoms with E-state index in [0.29, 0.717) is 6.42 Å². The first-order valence-corrected chi connectivity index (χ1v) is 3.67. The van der Waals surface area contributed by atoms with Gasteiger partial charge in [-0.2, -0.15) is 0 Å². The standard InChI is InChI=1S/C8H10N2O2/c1-2-7(11)10-5-3-4-6(10)8(9)12/h3-5H,2H2,1H3,(H2,9,12). The van der Waals surface area contributed by atoms with Gasteiger partial charge in [0.2, 0.25) is 5.91 Å². The highest BCUT2D eigenvalue weighted by Crippen LogP contribution is 2.02. The van der Waals surface area contributed by atoms with Crippen LogP contribution in [0.25, 0.3) is 0 Å². The van der Waals surface area contributed by atoms with E-state index in [9.17, 15) is 9.59 Å². The largest absolute Gasteiger partial charge is 0.364 e. The molecule has 0 radical (unpaired) electrons. The summed E-state index contributed by atoms with van der Waals surface area (Å²) in [6.07, 6.45) is 1.89. The van der Waals surface area contributed by atoms with E-state index in [-0.39, 0.29) is 11.6 Å². The van der Waals surface area contributed by atoms with Crippen molar-refractivity contribution in [3.8, 4) is 0 Å². The van der Waals surface area contributed by atoms with Gasteiger partial charge in [-0.15, -0.1) is 0 Å². The molecule has 1 aromatic rings. The zero-order valence-electron chi connectivity index (χ0n) is 6.78. The van der Waals surface area contributed by atoms with Crippen molar-refractivity contribution in [1.82, 2.24) is 4.57 Å². The van der Waals surface area contributed by atoms with Gasteiger partial charge >= 0.3 is 0 Å². The third-order valence-corrected chi connectivity index (χ3v) is 1.57. The predicted octanol–water partition coefficient (Wildman–Crippen LogP) is 0.637. The van der Waals surface area contributed by atoms with E-state index < -0.39 is 5.91 Å². The molecule has 0 atom stereocenters. The van der Waals surface area contributed by atoms with Crippen LogP contribution in [0.5, 0.6) is 0 Å². The number of aromatic nitrogens is 1. The van der Waals surface area contributed by atoms with Gasteiger partial charge in [0.25, 0.3) is 5.91 Å². The molecule has 0 aliphatic heterocycles. The van der Waals surface area contributed by atoms with Crippen LogP contribution in [0.3, 0.4) is 0 Å². The van der Waals surface area contributed by atoms with E-state index in [4.69, 9.17) is 5.73 Å². The van der Waals surface area contributed by atoms with Crippen molar-refractivity contribution in [2.24, 2.45) is 5.73 Å². The fourth-order valence-electron chi connectivity index (χ4n) is 0.970. The smallest absolute Gasteiger partial charge is 0.265 e. The molecule has 0 spiro atoms. The van der Waals surface area contributed by atoms with Crippen molar-refractivity contribution in [3.05, 3.63) is 24.0 Å². The zero-order valence-corrected chi connectivity index (χ0v) is 6.78. The van der Waals surface area contributed by atoms with Crippen LogP contribution in [-0.2, 0) is 0 Å². The third kappa shape index (κ3) is 1.37. The van der Waals surface area contributed by atoms with Crippen LogP contribution >= 0.6 is 0 Å². The molecule has 1 aromatic heterocycles. The van der Waals surface area contributed by atoms with Gasteiger partial charge in [0, 0.05) is 12.6 Å². The highest BCUT2D eigenvalue weighted by Gasteiger charge is 2.10. The summed E-state index contributed by atoms with van der Waals surface area (Å²) in [6, 6.07) is 3.14. The van der Waals surface area contributed by atoms with Crippen molar-refractivity contribution in [2.45, 2.75) is 13.3 Å². The monoisotopic (exact) mass is 166 g/mol. The number of nitrogens with two attached hydrogens (primary N) is 1. The number of carbonyl (C=O) groups is 2. The van der Waals surface area contributed by atoms with E-state index >= 15 is 0 Å². The second kappa shape index (κ2) is 3.21. The van der Waals surface area contributed by atoms with E-state index in [1.807, 2.05) is 0 Å². The molecule has 0 aliphatic carbocycles. The number of nitrogens with zero attached hydrogens (tertiary/aromatic N) is 1. The molecule has 1 rings (SSSR count). The van der Waals surface area contributed by atoms with Crippen molar-refractivity contribution in [3.63, 3.8) is 0 Å². The Balaban J connectivity index is 3.07. The van der Waals surface area contributed by atoms with Gasteiger partial charge in [0.15, 0.2) is 0 Å². The van der Waals surface area contributed by atoms with Crippen LogP contribution in [0, 0.1) is 0 Å². The van der Waals surface area contributed by atoms with E-state index in [1.165, 1.54) is 16.8 Å². The maximum atomic E-state index is 11.2. The summed E-state index contributed by atoms with van der Waals surface area (Å²) in [5, 5.41) is 0. The van der Waals surface area contributed by atoms with Crippen LogP contribution in [0.2, 0.25) is 0 Å². The minimum Gasteiger partial charge on any atom is -0.364 e. The minimum absolute atomic E-state index is 0.131. The Bertz CT molecular complexity index is 315. The molecule has 2 N–H and O–H groups in total. The van der Waals surface area contributed by atoms with Crippen LogP contribution in [0.1, 0.15) is 28.6 Å². The predicted molar refractivity (Wildman–Crippen MR) is 43.9 cm³/mol. The lowest BCUT2D eigenvalue weighted by Crippen LogP contribution is -2.20. The molecule has 64 valence electrons. The highest BCUT2D eigenvalue weighted by molar-refractivity contribution is 5.95. The van der Waals surface area contributed by atoms with E-state index in [1.54, 1.807) is 13.0 Å². The second-order valence-corrected chi connectivity index (χ2v) is 2.37. The molecule has 0 saturated carbocycles. The van der Waals surface area contributed by atoms with Crippen LogP contribution < -0.4 is 5.73 Å². The summed E-state index contributed by atoms with van der Waals surface area (Å²) in [6.45, 7) is 1.73. The average Bonchev–Trinajstić information content (AvgIpc) is 2.50. The van der Waals surface area contributed by atoms with E-state index in [0.717, 1.165) is 0 Å². The summed E-state index contributed by atoms with van der Waals surface area (Å²) < 4.78 is 1.27. The summed E-state index contributed by atoms with van der Waals surface area (Å²) in [5.74, 6) is -0.712. The van der Waals surface area contributed by atoms with Crippen molar-refractivity contribution < 1.29 is 9.59 Å². The van der Waals surface area contributed by atoms with Crippen molar-refractivity contribution >= 4 is 11.8 Å². The molecule has 0 aromatic carbocycles. The van der Waals surface area contributed by atoms with Gasteiger partial charge in [0.05, 0.1) is 0 Å². The van der Waals surface area contributed by atoms with Crippen molar-refractivity contribution in [2.75, 3.05) is 0 Å². The molecule has 0 saturated heterocycles. The molecule has 0 unspecified atom stereocenters. The molecule has 4 nitrogen and oxygen atoms in total. The van der Waals surface area contributed by atoms with Crippen LogP contribution in [0.4, 0.5) is 0 Å². The first kappa shape index (κ1) is 8.52. The highest BCUT2D eigenvalue weighted by atomic mass is 16.2. The van der Waals surface area contributed by atoms with Gasteiger partial charge in [-0.1, -0.05) is 6.92 Å². The van der Waals surface area contributed by atoms with Gasteiger partial charge in [0.1, 0.15) is 5.69 Å². The fourth-order valence-corrected chi connectivity index (χ4v) is 0.970. The Hall–Kier alpha value is -1.58. The van der Waals surface area contributed by atoms with Gasteiger partial charge in [-0.05, 0) is 12.1 Å². The number of rotatable bonds is 2. The molecule has 0 fully saturated rings.